The zero-order valence-electron chi connectivity index (χ0n) is 12.3. The van der Waals surface area contributed by atoms with Gasteiger partial charge in [0.1, 0.15) is 12.2 Å². The van der Waals surface area contributed by atoms with Gasteiger partial charge in [0.05, 0.1) is 12.3 Å². The molecule has 0 N–H and O–H groups in total. The smallest absolute Gasteiger partial charge is 0.433 e. The second-order valence-corrected chi connectivity index (χ2v) is 5.33. The number of carbonyl (C=O) groups excluding carboxylic acids is 1. The van der Waals surface area contributed by atoms with E-state index in [1.165, 1.54) is 0 Å². The van der Waals surface area contributed by atoms with E-state index in [0.29, 0.717) is 12.1 Å². The van der Waals surface area contributed by atoms with E-state index in [0.717, 1.165) is 11.1 Å². The Balaban J connectivity index is 2.40. The fourth-order valence-corrected chi connectivity index (χ4v) is 3.01. The highest BCUT2D eigenvalue weighted by molar-refractivity contribution is 5.69. The van der Waals surface area contributed by atoms with Crippen molar-refractivity contribution in [3.05, 3.63) is 17.0 Å². The molecule has 0 fully saturated rings. The lowest BCUT2D eigenvalue weighted by Gasteiger charge is -2.15. The minimum Gasteiger partial charge on any atom is -0.465 e. The minimum atomic E-state index is -4.52. The van der Waals surface area contributed by atoms with E-state index in [-0.39, 0.29) is 24.0 Å². The molecule has 1 aliphatic carbocycles. The molecule has 0 aromatic carbocycles. The first-order valence-corrected chi connectivity index (χ1v) is 7.11. The highest BCUT2D eigenvalue weighted by Crippen LogP contribution is 2.44. The third-order valence-electron chi connectivity index (χ3n) is 4.06. The van der Waals surface area contributed by atoms with Gasteiger partial charge in [0.25, 0.3) is 0 Å². The summed E-state index contributed by atoms with van der Waals surface area (Å²) in [6, 6.07) is 0. The summed E-state index contributed by atoms with van der Waals surface area (Å²) in [5.74, 6) is -0.542. The number of halogens is 3. The van der Waals surface area contributed by atoms with Crippen LogP contribution in [-0.4, -0.2) is 22.4 Å². The van der Waals surface area contributed by atoms with Crippen molar-refractivity contribution in [1.29, 1.82) is 0 Å². The first kappa shape index (κ1) is 15.9. The number of nitrogens with zero attached hydrogens (tertiary/aromatic N) is 2. The van der Waals surface area contributed by atoms with Crippen LogP contribution >= 0.6 is 0 Å². The van der Waals surface area contributed by atoms with Crippen molar-refractivity contribution in [2.45, 2.75) is 52.3 Å². The zero-order valence-corrected chi connectivity index (χ0v) is 12.3. The van der Waals surface area contributed by atoms with Gasteiger partial charge >= 0.3 is 12.1 Å². The van der Waals surface area contributed by atoms with E-state index in [2.05, 4.69) is 5.10 Å². The van der Waals surface area contributed by atoms with Gasteiger partial charge in [-0.25, -0.2) is 4.68 Å². The number of alkyl halides is 3. The van der Waals surface area contributed by atoms with Crippen molar-refractivity contribution in [1.82, 2.24) is 9.78 Å². The van der Waals surface area contributed by atoms with Crippen molar-refractivity contribution < 1.29 is 22.7 Å². The van der Waals surface area contributed by atoms with E-state index >= 15 is 0 Å². The third-order valence-corrected chi connectivity index (χ3v) is 4.06. The lowest BCUT2D eigenvalue weighted by atomic mass is 9.94. The summed E-state index contributed by atoms with van der Waals surface area (Å²) in [5.41, 5.74) is -0.0852. The molecule has 4 nitrogen and oxygen atoms in total. The molecule has 1 heterocycles. The average molecular weight is 304 g/mol. The highest BCUT2D eigenvalue weighted by atomic mass is 19.4. The van der Waals surface area contributed by atoms with Gasteiger partial charge in [-0.15, -0.1) is 0 Å². The van der Waals surface area contributed by atoms with Crippen molar-refractivity contribution in [3.63, 3.8) is 0 Å². The quantitative estimate of drug-likeness (QED) is 0.803. The molecule has 21 heavy (non-hydrogen) atoms. The predicted molar refractivity (Wildman–Crippen MR) is 69.8 cm³/mol. The summed E-state index contributed by atoms with van der Waals surface area (Å²) in [7, 11) is 0. The van der Waals surface area contributed by atoms with E-state index < -0.39 is 24.4 Å². The molecule has 1 aromatic heterocycles. The van der Waals surface area contributed by atoms with Crippen LogP contribution in [0.25, 0.3) is 0 Å². The van der Waals surface area contributed by atoms with Crippen LogP contribution in [0.1, 0.15) is 50.1 Å². The van der Waals surface area contributed by atoms with Crippen molar-refractivity contribution in [3.8, 4) is 0 Å². The monoisotopic (exact) mass is 304 g/mol. The van der Waals surface area contributed by atoms with E-state index in [9.17, 15) is 18.0 Å². The lowest BCUT2D eigenvalue weighted by Crippen LogP contribution is -2.22. The topological polar surface area (TPSA) is 44.1 Å². The maximum Gasteiger partial charge on any atom is 0.433 e. The number of rotatable bonds is 4. The van der Waals surface area contributed by atoms with Gasteiger partial charge in [-0.1, -0.05) is 20.3 Å². The second-order valence-electron chi connectivity index (χ2n) is 5.33. The molecule has 1 aliphatic rings. The van der Waals surface area contributed by atoms with Crippen LogP contribution in [0.4, 0.5) is 13.2 Å². The van der Waals surface area contributed by atoms with E-state index in [4.69, 9.17) is 4.74 Å². The Kier molecular flexibility index (Phi) is 4.30. The van der Waals surface area contributed by atoms with Crippen LogP contribution < -0.4 is 0 Å². The Hall–Kier alpha value is -1.53. The van der Waals surface area contributed by atoms with Crippen LogP contribution in [0.3, 0.4) is 0 Å². The molecular weight excluding hydrogens is 285 g/mol. The summed E-state index contributed by atoms with van der Waals surface area (Å²) < 4.78 is 45.4. The van der Waals surface area contributed by atoms with Crippen LogP contribution in [0.5, 0.6) is 0 Å². The van der Waals surface area contributed by atoms with Gasteiger partial charge in [0, 0.05) is 11.5 Å². The number of fused-ring (bicyclic) bond motifs is 1. The van der Waals surface area contributed by atoms with Crippen LogP contribution in [0.15, 0.2) is 0 Å². The molecule has 2 unspecified atom stereocenters. The zero-order chi connectivity index (χ0) is 15.8. The number of hydrogen-bond acceptors (Lipinski definition) is 3. The van der Waals surface area contributed by atoms with Gasteiger partial charge in [-0.05, 0) is 19.3 Å². The Bertz CT molecular complexity index is 537. The molecule has 0 saturated carbocycles. The molecule has 2 atom stereocenters. The molecule has 0 aliphatic heterocycles. The third kappa shape index (κ3) is 2.91. The molecule has 0 spiro atoms. The van der Waals surface area contributed by atoms with Gasteiger partial charge in [-0.2, -0.15) is 18.3 Å². The largest absolute Gasteiger partial charge is 0.465 e. The summed E-state index contributed by atoms with van der Waals surface area (Å²) in [5, 5.41) is 4.05. The summed E-state index contributed by atoms with van der Waals surface area (Å²) in [4.78, 5) is 11.5. The summed E-state index contributed by atoms with van der Waals surface area (Å²) >= 11 is 0. The molecule has 0 amide bonds. The van der Waals surface area contributed by atoms with Gasteiger partial charge in [0.2, 0.25) is 0 Å². The Morgan fingerprint density at radius 1 is 1.43 bits per heavy atom. The predicted octanol–water partition coefficient (Wildman–Crippen LogP) is 3.15. The molecule has 0 saturated heterocycles. The maximum absolute atomic E-state index is 13.3. The number of carbonyl (C=O) groups is 1. The van der Waals surface area contributed by atoms with E-state index in [1.54, 1.807) is 6.92 Å². The number of aromatic nitrogens is 2. The van der Waals surface area contributed by atoms with Crippen LogP contribution in [0, 0.1) is 5.92 Å². The van der Waals surface area contributed by atoms with Gasteiger partial charge in [0.15, 0.2) is 0 Å². The Morgan fingerprint density at radius 2 is 2.10 bits per heavy atom. The average Bonchev–Trinajstić information content (AvgIpc) is 2.85. The highest BCUT2D eigenvalue weighted by Gasteiger charge is 2.44. The van der Waals surface area contributed by atoms with E-state index in [1.807, 2.05) is 13.8 Å². The standard InChI is InChI=1S/C14H19F3N2O2/c1-4-9-6-10-12(8(9)3)18-19(7-11(20)21-5-2)13(10)14(15,16)17/h8-9H,4-7H2,1-3H3. The maximum atomic E-state index is 13.3. The SMILES string of the molecule is CCOC(=O)Cn1nc2c(c1C(F)(F)F)CC(CC)C2C. The van der Waals surface area contributed by atoms with Gasteiger partial charge < -0.3 is 4.74 Å². The molecule has 0 radical (unpaired) electrons. The van der Waals surface area contributed by atoms with Crippen LogP contribution in [-0.2, 0) is 28.7 Å². The minimum absolute atomic E-state index is 0.0189. The fraction of sp³-hybridized carbons (Fsp3) is 0.714. The number of esters is 1. The molecule has 118 valence electrons. The summed E-state index contributed by atoms with van der Waals surface area (Å²) in [6.45, 7) is 5.10. The number of hydrogen-bond donors (Lipinski definition) is 0. The molecule has 1 aromatic rings. The van der Waals surface area contributed by atoms with Crippen molar-refractivity contribution >= 4 is 5.97 Å². The first-order chi connectivity index (χ1) is 9.79. The molecule has 7 heteroatoms. The normalized spacial score (nSPS) is 21.4. The Labute approximate surface area is 121 Å². The van der Waals surface area contributed by atoms with Crippen molar-refractivity contribution in [2.75, 3.05) is 6.61 Å². The lowest BCUT2D eigenvalue weighted by molar-refractivity contribution is -0.149. The fourth-order valence-electron chi connectivity index (χ4n) is 3.01. The number of ether oxygens (including phenoxy) is 1. The molecule has 2 rings (SSSR count). The summed E-state index contributed by atoms with van der Waals surface area (Å²) in [6.07, 6.45) is -3.34. The Morgan fingerprint density at radius 3 is 2.62 bits per heavy atom. The van der Waals surface area contributed by atoms with Gasteiger partial charge in [-0.3, -0.25) is 4.79 Å². The molecule has 0 bridgehead atoms. The first-order valence-electron chi connectivity index (χ1n) is 7.11. The van der Waals surface area contributed by atoms with Crippen LogP contribution in [0.2, 0.25) is 0 Å². The molecular formula is C14H19F3N2O2. The second kappa shape index (κ2) is 5.69. The van der Waals surface area contributed by atoms with Crippen molar-refractivity contribution in [2.24, 2.45) is 5.92 Å².